The van der Waals surface area contributed by atoms with Crippen molar-refractivity contribution in [3.63, 3.8) is 0 Å². The molecule has 1 saturated carbocycles. The van der Waals surface area contributed by atoms with Crippen molar-refractivity contribution in [3.05, 3.63) is 69.9 Å². The Labute approximate surface area is 188 Å². The largest absolute Gasteiger partial charge is 0.390 e. The van der Waals surface area contributed by atoms with Gasteiger partial charge < -0.3 is 10.4 Å². The molecule has 0 bridgehead atoms. The zero-order valence-corrected chi connectivity index (χ0v) is 18.1. The Bertz CT molecular complexity index is 1110. The van der Waals surface area contributed by atoms with Gasteiger partial charge in [-0.15, -0.1) is 0 Å². The molecule has 2 N–H and O–H groups in total. The number of alkyl halides is 1. The van der Waals surface area contributed by atoms with Gasteiger partial charge in [-0.2, -0.15) is 5.10 Å². The second kappa shape index (κ2) is 8.90. The Morgan fingerprint density at radius 3 is 2.84 bits per heavy atom. The molecule has 0 radical (unpaired) electrons. The van der Waals surface area contributed by atoms with Gasteiger partial charge in [0.15, 0.2) is 0 Å². The van der Waals surface area contributed by atoms with Crippen LogP contribution in [0.25, 0.3) is 0 Å². The van der Waals surface area contributed by atoms with Gasteiger partial charge in [-0.25, -0.2) is 14.4 Å². The lowest BCUT2D eigenvalue weighted by molar-refractivity contribution is 0.0725. The minimum absolute atomic E-state index is 0.184. The van der Waals surface area contributed by atoms with E-state index in [2.05, 4.69) is 20.4 Å². The number of ketones is 1. The zero-order valence-electron chi connectivity index (χ0n) is 16.5. The minimum Gasteiger partial charge on any atom is -0.390 e. The number of benzene rings is 1. The van der Waals surface area contributed by atoms with Crippen molar-refractivity contribution in [2.24, 2.45) is 5.92 Å². The van der Waals surface area contributed by atoms with Crippen LogP contribution in [0.2, 0.25) is 10.0 Å². The van der Waals surface area contributed by atoms with Crippen LogP contribution in [0.15, 0.2) is 43.0 Å². The first-order chi connectivity index (χ1) is 14.8. The molecule has 7 nitrogen and oxygen atoms in total. The third-order valence-corrected chi connectivity index (χ3v) is 6.14. The predicted octanol–water partition coefficient (Wildman–Crippen LogP) is 3.78. The van der Waals surface area contributed by atoms with Crippen LogP contribution in [-0.4, -0.2) is 49.0 Å². The van der Waals surface area contributed by atoms with Crippen molar-refractivity contribution < 1.29 is 14.3 Å². The summed E-state index contributed by atoms with van der Waals surface area (Å²) in [7, 11) is 0. The van der Waals surface area contributed by atoms with E-state index in [0.717, 1.165) is 5.56 Å². The molecular formula is C21H20Cl2FN5O2. The van der Waals surface area contributed by atoms with E-state index in [0.29, 0.717) is 23.0 Å². The predicted molar refractivity (Wildman–Crippen MR) is 115 cm³/mol. The Balaban J connectivity index is 1.52. The van der Waals surface area contributed by atoms with Crippen LogP contribution >= 0.6 is 23.2 Å². The monoisotopic (exact) mass is 463 g/mol. The highest BCUT2D eigenvalue weighted by Crippen LogP contribution is 2.31. The normalized spacial score (nSPS) is 23.1. The van der Waals surface area contributed by atoms with Crippen molar-refractivity contribution in [2.45, 2.75) is 38.2 Å². The van der Waals surface area contributed by atoms with Crippen LogP contribution in [0.4, 0.5) is 10.2 Å². The van der Waals surface area contributed by atoms with E-state index in [1.165, 1.54) is 12.5 Å². The van der Waals surface area contributed by atoms with Crippen molar-refractivity contribution in [3.8, 4) is 0 Å². The smallest absolute Gasteiger partial charge is 0.218 e. The third kappa shape index (κ3) is 4.56. The highest BCUT2D eigenvalue weighted by Gasteiger charge is 2.41. The first-order valence-corrected chi connectivity index (χ1v) is 10.5. The van der Waals surface area contributed by atoms with Gasteiger partial charge in [0.25, 0.3) is 0 Å². The highest BCUT2D eigenvalue weighted by molar-refractivity contribution is 6.42. The summed E-state index contributed by atoms with van der Waals surface area (Å²) in [4.78, 5) is 21.1. The van der Waals surface area contributed by atoms with Gasteiger partial charge >= 0.3 is 0 Å². The lowest BCUT2D eigenvalue weighted by Gasteiger charge is -2.18. The molecule has 0 aliphatic heterocycles. The molecule has 1 aliphatic rings. The summed E-state index contributed by atoms with van der Waals surface area (Å²) in [5.41, 5.74) is 1.27. The van der Waals surface area contributed by atoms with Gasteiger partial charge in [-0.1, -0.05) is 36.2 Å². The molecule has 1 fully saturated rings. The number of nitrogens with one attached hydrogen (secondary N) is 1. The topological polar surface area (TPSA) is 92.9 Å². The fourth-order valence-corrected chi connectivity index (χ4v) is 4.00. The summed E-state index contributed by atoms with van der Waals surface area (Å²) in [5.74, 6) is -0.364. The van der Waals surface area contributed by atoms with Gasteiger partial charge in [0.2, 0.25) is 5.78 Å². The molecule has 0 saturated heterocycles. The average Bonchev–Trinajstić information content (AvgIpc) is 3.31. The summed E-state index contributed by atoms with van der Waals surface area (Å²) in [5, 5.41) is 18.1. The maximum Gasteiger partial charge on any atom is 0.218 e. The number of hydrogen-bond acceptors (Lipinski definition) is 6. The number of rotatable bonds is 6. The maximum absolute atomic E-state index is 14.4. The Morgan fingerprint density at radius 1 is 1.32 bits per heavy atom. The van der Waals surface area contributed by atoms with Crippen LogP contribution in [0.5, 0.6) is 0 Å². The summed E-state index contributed by atoms with van der Waals surface area (Å²) in [6.45, 7) is 2.19. The fraction of sp³-hybridized carbons (Fsp3) is 0.333. The van der Waals surface area contributed by atoms with E-state index in [1.54, 1.807) is 36.0 Å². The number of carbonyl (C=O) groups is 1. The van der Waals surface area contributed by atoms with Gasteiger partial charge in [-0.05, 0) is 36.1 Å². The van der Waals surface area contributed by atoms with Gasteiger partial charge in [0.1, 0.15) is 24.0 Å². The maximum atomic E-state index is 14.4. The standard InChI is InChI=1S/C21H20Cl2FN5O2/c1-11-6-17(18(24)19(11)30)27-21-13(8-25-10-26-21)20(31)16-4-5-29(28-16)9-12-2-3-14(22)15(23)7-12/h2-5,7-8,10-11,17-19,30H,6,9H2,1H3,(H,25,26,27)/t11-,17-,18-,19-/m1/s1. The highest BCUT2D eigenvalue weighted by atomic mass is 35.5. The number of aromatic nitrogens is 4. The van der Waals surface area contributed by atoms with Crippen LogP contribution in [0, 0.1) is 5.92 Å². The molecule has 3 aromatic rings. The Kier molecular flexibility index (Phi) is 6.22. The molecule has 10 heteroatoms. The molecule has 31 heavy (non-hydrogen) atoms. The summed E-state index contributed by atoms with van der Waals surface area (Å²) in [6, 6.07) is 6.22. The zero-order chi connectivity index (χ0) is 22.1. The second-order valence-electron chi connectivity index (χ2n) is 7.66. The lowest BCUT2D eigenvalue weighted by atomic mass is 10.1. The molecule has 162 valence electrons. The SMILES string of the molecule is C[C@@H]1C[C@@H](Nc2ncncc2C(=O)c2ccn(Cc3ccc(Cl)c(Cl)c3)n2)[C@@H](F)[C@@H]1O. The molecule has 0 amide bonds. The van der Waals surface area contributed by atoms with Crippen molar-refractivity contribution in [1.82, 2.24) is 19.7 Å². The van der Waals surface area contributed by atoms with Crippen molar-refractivity contribution in [2.75, 3.05) is 5.32 Å². The number of anilines is 1. The number of aliphatic hydroxyl groups is 1. The van der Waals surface area contributed by atoms with Crippen LogP contribution in [-0.2, 0) is 6.54 Å². The Hall–Kier alpha value is -2.55. The summed E-state index contributed by atoms with van der Waals surface area (Å²) >= 11 is 12.0. The molecule has 0 unspecified atom stereocenters. The number of nitrogens with zero attached hydrogens (tertiary/aromatic N) is 4. The van der Waals surface area contributed by atoms with Crippen molar-refractivity contribution >= 4 is 34.8 Å². The number of hydrogen-bond donors (Lipinski definition) is 2. The van der Waals surface area contributed by atoms with E-state index in [1.807, 2.05) is 6.07 Å². The molecular weight excluding hydrogens is 444 g/mol. The molecule has 1 aliphatic carbocycles. The van der Waals surface area contributed by atoms with E-state index in [9.17, 15) is 14.3 Å². The van der Waals surface area contributed by atoms with Gasteiger partial charge in [-0.3, -0.25) is 9.48 Å². The van der Waals surface area contributed by atoms with Gasteiger partial charge in [0, 0.05) is 12.4 Å². The minimum atomic E-state index is -1.45. The van der Waals surface area contributed by atoms with Crippen molar-refractivity contribution in [1.29, 1.82) is 0 Å². The molecule has 1 aromatic carbocycles. The fourth-order valence-electron chi connectivity index (χ4n) is 3.68. The summed E-state index contributed by atoms with van der Waals surface area (Å²) < 4.78 is 16.0. The third-order valence-electron chi connectivity index (χ3n) is 5.40. The number of halogens is 3. The Morgan fingerprint density at radius 2 is 2.13 bits per heavy atom. The van der Waals surface area contributed by atoms with E-state index in [4.69, 9.17) is 23.2 Å². The number of aliphatic hydroxyl groups excluding tert-OH is 1. The quantitative estimate of drug-likeness (QED) is 0.540. The van der Waals surface area contributed by atoms with E-state index < -0.39 is 24.1 Å². The first kappa shape index (κ1) is 21.7. The molecule has 2 heterocycles. The second-order valence-corrected chi connectivity index (χ2v) is 8.47. The van der Waals surface area contributed by atoms with Crippen LogP contribution in [0.3, 0.4) is 0 Å². The lowest BCUT2D eigenvalue weighted by Crippen LogP contribution is -2.32. The van der Waals surface area contributed by atoms with E-state index >= 15 is 0 Å². The molecule has 4 atom stereocenters. The van der Waals surface area contributed by atoms with Crippen LogP contribution < -0.4 is 5.32 Å². The molecule has 0 spiro atoms. The summed E-state index contributed by atoms with van der Waals surface area (Å²) in [6.07, 6.45) is 2.27. The van der Waals surface area contributed by atoms with Gasteiger partial charge in [0.05, 0.1) is 34.3 Å². The van der Waals surface area contributed by atoms with E-state index in [-0.39, 0.29) is 23.0 Å². The van der Waals surface area contributed by atoms with Crippen LogP contribution in [0.1, 0.15) is 35.0 Å². The molecule has 2 aromatic heterocycles. The first-order valence-electron chi connectivity index (χ1n) is 9.74. The average molecular weight is 464 g/mol. The number of carbonyl (C=O) groups excluding carboxylic acids is 1. The molecule has 4 rings (SSSR count).